The molecule has 1 aliphatic rings. The van der Waals surface area contributed by atoms with Crippen molar-refractivity contribution in [1.82, 2.24) is 0 Å². The molecule has 0 saturated heterocycles. The molecule has 0 amide bonds. The molecule has 5 heteroatoms. The van der Waals surface area contributed by atoms with Crippen LogP contribution in [0.5, 0.6) is 0 Å². The van der Waals surface area contributed by atoms with Crippen molar-refractivity contribution in [3.63, 3.8) is 0 Å². The van der Waals surface area contributed by atoms with Crippen LogP contribution in [0.2, 0.25) is 0 Å². The van der Waals surface area contributed by atoms with Gasteiger partial charge in [0.1, 0.15) is 0 Å². The van der Waals surface area contributed by atoms with Gasteiger partial charge in [-0.2, -0.15) is 18.4 Å². The molecule has 0 fully saturated rings. The van der Waals surface area contributed by atoms with E-state index in [1.807, 2.05) is 0 Å². The number of halogens is 3. The highest BCUT2D eigenvalue weighted by atomic mass is 19.4. The fraction of sp³-hybridized carbons (Fsp3) is 0.400. The Hall–Kier alpha value is -1.96. The van der Waals surface area contributed by atoms with Crippen molar-refractivity contribution in [2.45, 2.75) is 25.4 Å². The van der Waals surface area contributed by atoms with Crippen molar-refractivity contribution in [3.05, 3.63) is 41.5 Å². The van der Waals surface area contributed by atoms with Gasteiger partial charge in [0.2, 0.25) is 0 Å². The summed E-state index contributed by atoms with van der Waals surface area (Å²) in [6.45, 7) is 0.513. The number of rotatable bonds is 3. The van der Waals surface area contributed by atoms with Crippen LogP contribution in [0.1, 0.15) is 30.4 Å². The zero-order chi connectivity index (χ0) is 14.6. The number of allylic oxidation sites excluding steroid dienone is 2. The molecule has 1 aromatic carbocycles. The Balaban J connectivity index is 2.14. The van der Waals surface area contributed by atoms with E-state index in [-0.39, 0.29) is 11.3 Å². The monoisotopic (exact) mass is 280 g/mol. The van der Waals surface area contributed by atoms with Gasteiger partial charge in [-0.25, -0.2) is 0 Å². The zero-order valence-electron chi connectivity index (χ0n) is 10.9. The van der Waals surface area contributed by atoms with Crippen LogP contribution in [0, 0.1) is 17.2 Å². The van der Waals surface area contributed by atoms with Crippen molar-refractivity contribution in [2.24, 2.45) is 5.92 Å². The SMILES string of the molecule is N#Cc1ccc(NCC2CC=CCC2)c(C(F)(F)F)c1. The maximum Gasteiger partial charge on any atom is 0.418 e. The minimum atomic E-state index is -4.46. The molecule has 106 valence electrons. The first-order valence-electron chi connectivity index (χ1n) is 6.51. The molecule has 2 rings (SSSR count). The van der Waals surface area contributed by atoms with Gasteiger partial charge in [-0.15, -0.1) is 0 Å². The predicted molar refractivity (Wildman–Crippen MR) is 71.1 cm³/mol. The maximum absolute atomic E-state index is 13.0. The van der Waals surface area contributed by atoms with Crippen LogP contribution in [0.3, 0.4) is 0 Å². The van der Waals surface area contributed by atoms with E-state index in [1.54, 1.807) is 6.07 Å². The van der Waals surface area contributed by atoms with Crippen molar-refractivity contribution in [3.8, 4) is 6.07 Å². The molecular weight excluding hydrogens is 265 g/mol. The summed E-state index contributed by atoms with van der Waals surface area (Å²) < 4.78 is 38.9. The van der Waals surface area contributed by atoms with Gasteiger partial charge in [0.25, 0.3) is 0 Å². The quantitative estimate of drug-likeness (QED) is 0.836. The minimum Gasteiger partial charge on any atom is -0.384 e. The zero-order valence-corrected chi connectivity index (χ0v) is 10.9. The Morgan fingerprint density at radius 3 is 2.70 bits per heavy atom. The average Bonchev–Trinajstić information content (AvgIpc) is 2.45. The van der Waals surface area contributed by atoms with Crippen LogP contribution >= 0.6 is 0 Å². The summed E-state index contributed by atoms with van der Waals surface area (Å²) in [5, 5.41) is 11.6. The van der Waals surface area contributed by atoms with Gasteiger partial charge in [-0.1, -0.05) is 12.2 Å². The number of nitriles is 1. The van der Waals surface area contributed by atoms with Crippen LogP contribution in [0.15, 0.2) is 30.4 Å². The van der Waals surface area contributed by atoms with Crippen LogP contribution in [-0.2, 0) is 6.18 Å². The fourth-order valence-corrected chi connectivity index (χ4v) is 2.30. The first-order valence-corrected chi connectivity index (χ1v) is 6.51. The van der Waals surface area contributed by atoms with Gasteiger partial charge in [-0.3, -0.25) is 0 Å². The topological polar surface area (TPSA) is 35.8 Å². The number of anilines is 1. The van der Waals surface area contributed by atoms with Gasteiger partial charge in [0, 0.05) is 12.2 Å². The Morgan fingerprint density at radius 1 is 1.30 bits per heavy atom. The second-order valence-electron chi connectivity index (χ2n) is 4.90. The lowest BCUT2D eigenvalue weighted by Gasteiger charge is -2.21. The molecule has 1 aliphatic carbocycles. The standard InChI is InChI=1S/C15H15F3N2/c16-15(17,18)13-8-12(9-19)6-7-14(13)20-10-11-4-2-1-3-5-11/h1-2,6-8,11,20H,3-5,10H2. The lowest BCUT2D eigenvalue weighted by molar-refractivity contribution is -0.137. The largest absolute Gasteiger partial charge is 0.418 e. The van der Waals surface area contributed by atoms with Crippen molar-refractivity contribution in [2.75, 3.05) is 11.9 Å². The summed E-state index contributed by atoms with van der Waals surface area (Å²) in [5.41, 5.74) is -0.711. The Bertz CT molecular complexity index is 541. The van der Waals surface area contributed by atoms with Gasteiger partial charge < -0.3 is 5.32 Å². The average molecular weight is 280 g/mol. The predicted octanol–water partition coefficient (Wildman–Crippen LogP) is 4.35. The normalized spacial score (nSPS) is 18.6. The molecule has 0 aliphatic heterocycles. The highest BCUT2D eigenvalue weighted by molar-refractivity contribution is 5.56. The van der Waals surface area contributed by atoms with Gasteiger partial charge in [-0.05, 0) is 43.4 Å². The number of alkyl halides is 3. The summed E-state index contributed by atoms with van der Waals surface area (Å²) in [6, 6.07) is 5.36. The molecule has 1 unspecified atom stereocenters. The highest BCUT2D eigenvalue weighted by Gasteiger charge is 2.34. The number of hydrogen-bond acceptors (Lipinski definition) is 2. The van der Waals surface area contributed by atoms with Crippen LogP contribution in [0.4, 0.5) is 18.9 Å². The van der Waals surface area contributed by atoms with Gasteiger partial charge in [0.15, 0.2) is 0 Å². The minimum absolute atomic E-state index is 0.0171. The lowest BCUT2D eigenvalue weighted by Crippen LogP contribution is -2.18. The molecule has 0 radical (unpaired) electrons. The third kappa shape index (κ3) is 3.53. The summed E-state index contributed by atoms with van der Waals surface area (Å²) in [7, 11) is 0. The highest BCUT2D eigenvalue weighted by Crippen LogP contribution is 2.35. The molecule has 0 bridgehead atoms. The van der Waals surface area contributed by atoms with Gasteiger partial charge in [0.05, 0.1) is 17.2 Å². The molecule has 0 spiro atoms. The first-order chi connectivity index (χ1) is 9.50. The van der Waals surface area contributed by atoms with E-state index in [4.69, 9.17) is 5.26 Å². The number of nitrogens with zero attached hydrogens (tertiary/aromatic N) is 1. The van der Waals surface area contributed by atoms with E-state index in [2.05, 4.69) is 17.5 Å². The van der Waals surface area contributed by atoms with Crippen molar-refractivity contribution < 1.29 is 13.2 Å². The molecule has 0 aromatic heterocycles. The molecule has 1 aromatic rings. The van der Waals surface area contributed by atoms with E-state index in [0.29, 0.717) is 12.5 Å². The fourth-order valence-electron chi connectivity index (χ4n) is 2.30. The molecular formula is C15H15F3N2. The number of hydrogen-bond donors (Lipinski definition) is 1. The molecule has 2 nitrogen and oxygen atoms in total. The summed E-state index contributed by atoms with van der Waals surface area (Å²) in [4.78, 5) is 0. The molecule has 0 heterocycles. The Kier molecular flexibility index (Phi) is 4.33. The van der Waals surface area contributed by atoms with E-state index < -0.39 is 11.7 Å². The van der Waals surface area contributed by atoms with E-state index in [1.165, 1.54) is 12.1 Å². The Labute approximate surface area is 115 Å². The molecule has 20 heavy (non-hydrogen) atoms. The number of benzene rings is 1. The van der Waals surface area contributed by atoms with Gasteiger partial charge >= 0.3 is 6.18 Å². The molecule has 1 atom stereocenters. The second kappa shape index (κ2) is 6.00. The van der Waals surface area contributed by atoms with E-state index >= 15 is 0 Å². The van der Waals surface area contributed by atoms with Crippen LogP contribution < -0.4 is 5.32 Å². The van der Waals surface area contributed by atoms with Crippen LogP contribution in [0.25, 0.3) is 0 Å². The van der Waals surface area contributed by atoms with Crippen molar-refractivity contribution in [1.29, 1.82) is 5.26 Å². The molecule has 1 N–H and O–H groups in total. The smallest absolute Gasteiger partial charge is 0.384 e. The summed E-state index contributed by atoms with van der Waals surface area (Å²) in [5.74, 6) is 0.358. The Morgan fingerprint density at radius 2 is 2.10 bits per heavy atom. The first kappa shape index (κ1) is 14.4. The third-order valence-electron chi connectivity index (χ3n) is 3.41. The summed E-state index contributed by atoms with van der Waals surface area (Å²) in [6.07, 6.45) is 2.57. The van der Waals surface area contributed by atoms with E-state index in [0.717, 1.165) is 25.3 Å². The third-order valence-corrected chi connectivity index (χ3v) is 3.41. The maximum atomic E-state index is 13.0. The lowest BCUT2D eigenvalue weighted by atomic mass is 9.94. The van der Waals surface area contributed by atoms with Crippen molar-refractivity contribution >= 4 is 5.69 Å². The number of nitrogens with one attached hydrogen (secondary N) is 1. The summed E-state index contributed by atoms with van der Waals surface area (Å²) >= 11 is 0. The molecule has 0 saturated carbocycles. The second-order valence-corrected chi connectivity index (χ2v) is 4.90. The van der Waals surface area contributed by atoms with E-state index in [9.17, 15) is 13.2 Å². The van der Waals surface area contributed by atoms with Crippen LogP contribution in [-0.4, -0.2) is 6.54 Å².